The van der Waals surface area contributed by atoms with Gasteiger partial charge in [-0.2, -0.15) is 5.26 Å². The van der Waals surface area contributed by atoms with Gasteiger partial charge in [0, 0.05) is 30.1 Å². The molecular weight excluding hydrogens is 330 g/mol. The molecule has 6 heteroatoms. The molecule has 0 aliphatic carbocycles. The number of hydrogen-bond acceptors (Lipinski definition) is 5. The highest BCUT2D eigenvalue weighted by atomic mass is 16.7. The van der Waals surface area contributed by atoms with Crippen LogP contribution in [0.5, 0.6) is 11.5 Å². The van der Waals surface area contributed by atoms with Crippen LogP contribution in [0.15, 0.2) is 61.2 Å². The molecule has 0 saturated heterocycles. The summed E-state index contributed by atoms with van der Waals surface area (Å²) in [4.78, 5) is 16.6. The zero-order valence-corrected chi connectivity index (χ0v) is 13.8. The number of carbonyl (C=O) groups is 1. The predicted octanol–water partition coefficient (Wildman–Crippen LogP) is 3.48. The largest absolute Gasteiger partial charge is 0.454 e. The molecule has 128 valence electrons. The van der Waals surface area contributed by atoms with Gasteiger partial charge in [0.05, 0.1) is 18.3 Å². The van der Waals surface area contributed by atoms with Crippen molar-refractivity contribution in [3.8, 4) is 23.3 Å². The van der Waals surface area contributed by atoms with Gasteiger partial charge in [0.2, 0.25) is 6.79 Å². The molecule has 0 radical (unpaired) electrons. The topological polar surface area (TPSA) is 77.1 Å². The van der Waals surface area contributed by atoms with Crippen LogP contribution in [0.2, 0.25) is 0 Å². The van der Waals surface area contributed by atoms with Gasteiger partial charge in [0.25, 0.3) is 0 Å². The maximum atomic E-state index is 12.6. The Morgan fingerprint density at radius 2 is 2.00 bits per heavy atom. The molecule has 6 nitrogen and oxygen atoms in total. The Labute approximate surface area is 150 Å². The fourth-order valence-corrected chi connectivity index (χ4v) is 2.90. The zero-order valence-electron chi connectivity index (χ0n) is 13.8. The van der Waals surface area contributed by atoms with Crippen LogP contribution in [0.1, 0.15) is 28.3 Å². The van der Waals surface area contributed by atoms with Gasteiger partial charge >= 0.3 is 0 Å². The first-order chi connectivity index (χ1) is 12.7. The number of Topliss-reactive ketones (excluding diaryl/α,β-unsaturated/α-hetero) is 1. The Kier molecular flexibility index (Phi) is 4.12. The van der Waals surface area contributed by atoms with Crippen molar-refractivity contribution in [1.29, 1.82) is 5.26 Å². The number of imidazole rings is 1. The normalized spacial score (nSPS) is 13.2. The van der Waals surface area contributed by atoms with Crippen LogP contribution in [0, 0.1) is 11.3 Å². The second-order valence-electron chi connectivity index (χ2n) is 5.94. The van der Waals surface area contributed by atoms with Crippen LogP contribution >= 0.6 is 0 Å². The van der Waals surface area contributed by atoms with Crippen molar-refractivity contribution in [3.63, 3.8) is 0 Å². The van der Waals surface area contributed by atoms with Crippen LogP contribution in [-0.2, 0) is 0 Å². The third kappa shape index (κ3) is 3.03. The second kappa shape index (κ2) is 6.73. The van der Waals surface area contributed by atoms with Crippen molar-refractivity contribution in [2.75, 3.05) is 6.79 Å². The van der Waals surface area contributed by atoms with Crippen molar-refractivity contribution in [3.05, 3.63) is 72.3 Å². The SMILES string of the molecule is N#CC(CC(=O)c1ccc(-n2ccnc2)cc1)c1ccc2c(c1)OCO2. The van der Waals surface area contributed by atoms with Crippen LogP contribution in [0.4, 0.5) is 0 Å². The highest BCUT2D eigenvalue weighted by Gasteiger charge is 2.21. The predicted molar refractivity (Wildman–Crippen MR) is 93.4 cm³/mol. The Morgan fingerprint density at radius 3 is 2.73 bits per heavy atom. The maximum Gasteiger partial charge on any atom is 0.231 e. The van der Waals surface area contributed by atoms with E-state index in [0.29, 0.717) is 17.1 Å². The van der Waals surface area contributed by atoms with E-state index in [0.717, 1.165) is 11.3 Å². The monoisotopic (exact) mass is 345 g/mol. The third-order valence-corrected chi connectivity index (χ3v) is 4.34. The van der Waals surface area contributed by atoms with Crippen LogP contribution < -0.4 is 9.47 Å². The average molecular weight is 345 g/mol. The average Bonchev–Trinajstić information content (AvgIpc) is 3.37. The summed E-state index contributed by atoms with van der Waals surface area (Å²) in [5, 5.41) is 9.51. The van der Waals surface area contributed by atoms with Crippen molar-refractivity contribution in [2.45, 2.75) is 12.3 Å². The van der Waals surface area contributed by atoms with E-state index in [2.05, 4.69) is 11.1 Å². The summed E-state index contributed by atoms with van der Waals surface area (Å²) in [7, 11) is 0. The number of ketones is 1. The Morgan fingerprint density at radius 1 is 1.19 bits per heavy atom. The Balaban J connectivity index is 1.50. The van der Waals surface area contributed by atoms with Gasteiger partial charge in [-0.25, -0.2) is 4.98 Å². The number of hydrogen-bond donors (Lipinski definition) is 0. The Bertz CT molecular complexity index is 973. The minimum Gasteiger partial charge on any atom is -0.454 e. The Hall–Kier alpha value is -3.59. The van der Waals surface area contributed by atoms with E-state index in [-0.39, 0.29) is 19.0 Å². The molecule has 0 amide bonds. The van der Waals surface area contributed by atoms with E-state index in [9.17, 15) is 10.1 Å². The molecule has 1 unspecified atom stereocenters. The molecule has 2 heterocycles. The number of benzene rings is 2. The van der Waals surface area contributed by atoms with Crippen LogP contribution in [0.25, 0.3) is 5.69 Å². The summed E-state index contributed by atoms with van der Waals surface area (Å²) in [6.07, 6.45) is 5.34. The quantitative estimate of drug-likeness (QED) is 0.662. The summed E-state index contributed by atoms with van der Waals surface area (Å²) in [6.45, 7) is 0.179. The summed E-state index contributed by atoms with van der Waals surface area (Å²) >= 11 is 0. The number of aromatic nitrogens is 2. The van der Waals surface area contributed by atoms with E-state index in [1.807, 2.05) is 22.9 Å². The summed E-state index contributed by atoms with van der Waals surface area (Å²) in [5.41, 5.74) is 2.25. The van der Waals surface area contributed by atoms with E-state index in [4.69, 9.17) is 9.47 Å². The lowest BCUT2D eigenvalue weighted by Gasteiger charge is -2.10. The van der Waals surface area contributed by atoms with Crippen LogP contribution in [-0.4, -0.2) is 22.1 Å². The molecule has 4 rings (SSSR count). The first-order valence-electron chi connectivity index (χ1n) is 8.15. The molecule has 2 aromatic carbocycles. The first-order valence-corrected chi connectivity index (χ1v) is 8.15. The molecule has 3 aromatic rings. The fourth-order valence-electron chi connectivity index (χ4n) is 2.90. The maximum absolute atomic E-state index is 12.6. The summed E-state index contributed by atoms with van der Waals surface area (Å²) < 4.78 is 12.5. The number of rotatable bonds is 5. The molecule has 0 saturated carbocycles. The first kappa shape index (κ1) is 15.9. The van der Waals surface area contributed by atoms with E-state index in [1.54, 1.807) is 42.9 Å². The van der Waals surface area contributed by atoms with Gasteiger partial charge in [-0.3, -0.25) is 4.79 Å². The summed E-state index contributed by atoms with van der Waals surface area (Å²) in [6, 6.07) is 14.8. The van der Waals surface area contributed by atoms with Gasteiger partial charge in [-0.1, -0.05) is 6.07 Å². The molecule has 1 aliphatic rings. The van der Waals surface area contributed by atoms with Crippen LogP contribution in [0.3, 0.4) is 0 Å². The molecule has 1 atom stereocenters. The minimum atomic E-state index is -0.537. The number of fused-ring (bicyclic) bond motifs is 1. The molecule has 0 spiro atoms. The number of ether oxygens (including phenoxy) is 2. The van der Waals surface area contributed by atoms with E-state index in [1.165, 1.54) is 0 Å². The van der Waals surface area contributed by atoms with Gasteiger partial charge in [-0.15, -0.1) is 0 Å². The number of carbonyl (C=O) groups excluding carboxylic acids is 1. The highest BCUT2D eigenvalue weighted by Crippen LogP contribution is 2.35. The molecule has 0 bridgehead atoms. The molecule has 1 aromatic heterocycles. The van der Waals surface area contributed by atoms with Gasteiger partial charge < -0.3 is 14.0 Å². The van der Waals surface area contributed by atoms with Crippen molar-refractivity contribution < 1.29 is 14.3 Å². The van der Waals surface area contributed by atoms with E-state index >= 15 is 0 Å². The highest BCUT2D eigenvalue weighted by molar-refractivity contribution is 5.97. The lowest BCUT2D eigenvalue weighted by molar-refractivity contribution is 0.0979. The van der Waals surface area contributed by atoms with Crippen molar-refractivity contribution in [1.82, 2.24) is 9.55 Å². The molecule has 0 N–H and O–H groups in total. The van der Waals surface area contributed by atoms with E-state index < -0.39 is 5.92 Å². The van der Waals surface area contributed by atoms with Gasteiger partial charge in [0.1, 0.15) is 0 Å². The second-order valence-corrected chi connectivity index (χ2v) is 5.94. The standard InChI is InChI=1S/C20H15N3O3/c21-11-16(15-3-6-19-20(10-15)26-13-25-19)9-18(24)14-1-4-17(5-2-14)23-8-7-22-12-23/h1-8,10,12,16H,9,13H2. The third-order valence-electron chi connectivity index (χ3n) is 4.34. The fraction of sp³-hybridized carbons (Fsp3) is 0.150. The number of nitriles is 1. The van der Waals surface area contributed by atoms with Gasteiger partial charge in [-0.05, 0) is 42.0 Å². The summed E-state index contributed by atoms with van der Waals surface area (Å²) in [5.74, 6) is 0.656. The lowest BCUT2D eigenvalue weighted by Crippen LogP contribution is -2.06. The molecule has 0 fully saturated rings. The molecular formula is C20H15N3O3. The zero-order chi connectivity index (χ0) is 17.9. The minimum absolute atomic E-state index is 0.0774. The lowest BCUT2D eigenvalue weighted by atomic mass is 9.92. The molecule has 26 heavy (non-hydrogen) atoms. The molecule has 1 aliphatic heterocycles. The van der Waals surface area contributed by atoms with Gasteiger partial charge in [0.15, 0.2) is 17.3 Å². The smallest absolute Gasteiger partial charge is 0.231 e. The van der Waals surface area contributed by atoms with Crippen molar-refractivity contribution >= 4 is 5.78 Å². The number of nitrogens with zero attached hydrogens (tertiary/aromatic N) is 3. The van der Waals surface area contributed by atoms with Crippen molar-refractivity contribution in [2.24, 2.45) is 0 Å².